The summed E-state index contributed by atoms with van der Waals surface area (Å²) >= 11 is 0. The minimum atomic E-state index is -0.116. The van der Waals surface area contributed by atoms with E-state index in [2.05, 4.69) is 61.7 Å². The van der Waals surface area contributed by atoms with Gasteiger partial charge in [0.2, 0.25) is 0 Å². The molecule has 0 spiro atoms. The van der Waals surface area contributed by atoms with Gasteiger partial charge in [-0.15, -0.1) is 15.3 Å². The number of aromatic amines is 1. The Bertz CT molecular complexity index is 801. The fourth-order valence-corrected chi connectivity index (χ4v) is 2.48. The molecular weight excluding hydrogens is 336 g/mol. The van der Waals surface area contributed by atoms with Crippen molar-refractivity contribution in [3.63, 3.8) is 0 Å². The minimum absolute atomic E-state index is 0.0291. The zero-order valence-corrected chi connectivity index (χ0v) is 15.2. The largest absolute Gasteiger partial charge is 0.394 e. The van der Waals surface area contributed by atoms with Crippen LogP contribution in [0.4, 0.5) is 0 Å². The van der Waals surface area contributed by atoms with Crippen LogP contribution in [-0.2, 0) is 31.7 Å². The maximum atomic E-state index is 9.01. The molecule has 0 saturated heterocycles. The molecule has 3 rings (SSSR count). The normalized spacial score (nSPS) is 12.2. The van der Waals surface area contributed by atoms with Crippen molar-refractivity contribution in [3.8, 4) is 0 Å². The summed E-state index contributed by atoms with van der Waals surface area (Å²) in [4.78, 5) is 2.14. The molecule has 0 bridgehead atoms. The highest BCUT2D eigenvalue weighted by Crippen LogP contribution is 2.14. The van der Waals surface area contributed by atoms with Crippen LogP contribution in [0.25, 0.3) is 0 Å². The number of aromatic nitrogens is 9. The van der Waals surface area contributed by atoms with E-state index < -0.39 is 0 Å². The van der Waals surface area contributed by atoms with E-state index in [-0.39, 0.29) is 12.1 Å². The number of aliphatic hydroxyl groups is 1. The van der Waals surface area contributed by atoms with E-state index in [1.54, 1.807) is 10.9 Å². The first-order valence-electron chi connectivity index (χ1n) is 8.43. The fourth-order valence-electron chi connectivity index (χ4n) is 2.48. The molecule has 11 nitrogen and oxygen atoms in total. The van der Waals surface area contributed by atoms with Crippen LogP contribution in [0.1, 0.15) is 37.9 Å². The summed E-state index contributed by atoms with van der Waals surface area (Å²) in [7, 11) is 0. The second-order valence-corrected chi connectivity index (χ2v) is 7.13. The maximum Gasteiger partial charge on any atom is 0.0967 e. The van der Waals surface area contributed by atoms with Crippen LogP contribution in [0.3, 0.4) is 0 Å². The molecule has 0 atom stereocenters. The molecule has 0 fully saturated rings. The van der Waals surface area contributed by atoms with Crippen molar-refractivity contribution in [1.29, 1.82) is 0 Å². The highest BCUT2D eigenvalue weighted by Gasteiger charge is 2.18. The van der Waals surface area contributed by atoms with Gasteiger partial charge in [-0.2, -0.15) is 0 Å². The van der Waals surface area contributed by atoms with Gasteiger partial charge in [0.15, 0.2) is 0 Å². The van der Waals surface area contributed by atoms with Crippen LogP contribution in [-0.4, -0.2) is 62.0 Å². The average molecular weight is 360 g/mol. The number of rotatable bonds is 8. The SMILES string of the molecule is CC(C)(C)n1cc(CN(Cc2c[nH]nn2)Cc2cn(CCO)nn2)nn1. The second-order valence-electron chi connectivity index (χ2n) is 7.13. The molecule has 0 saturated carbocycles. The van der Waals surface area contributed by atoms with E-state index in [0.717, 1.165) is 17.1 Å². The number of hydrogen-bond acceptors (Lipinski definition) is 8. The van der Waals surface area contributed by atoms with Gasteiger partial charge in [0, 0.05) is 32.0 Å². The molecule has 0 aliphatic heterocycles. The third-order valence-corrected chi connectivity index (χ3v) is 3.77. The molecule has 2 N–H and O–H groups in total. The Labute approximate surface area is 151 Å². The smallest absolute Gasteiger partial charge is 0.0967 e. The lowest BCUT2D eigenvalue weighted by molar-refractivity contribution is 0.238. The average Bonchev–Trinajstić information content (AvgIpc) is 3.29. The first kappa shape index (κ1) is 18.1. The Hall–Kier alpha value is -2.66. The van der Waals surface area contributed by atoms with E-state index in [1.165, 1.54) is 0 Å². The molecule has 0 aliphatic carbocycles. The van der Waals surface area contributed by atoms with E-state index >= 15 is 0 Å². The predicted octanol–water partition coefficient (Wildman–Crippen LogP) is -0.0626. The minimum Gasteiger partial charge on any atom is -0.394 e. The van der Waals surface area contributed by atoms with Gasteiger partial charge in [-0.1, -0.05) is 15.6 Å². The standard InChI is InChI=1S/C15H24N10O/c1-15(2,3)25-11-14(19-22-25)9-23(7-12-6-16-20-17-12)8-13-10-24(4-5-26)21-18-13/h6,10-11,26H,4-5,7-9H2,1-3H3,(H,16,17,20). The molecule has 140 valence electrons. The van der Waals surface area contributed by atoms with E-state index in [4.69, 9.17) is 5.11 Å². The Morgan fingerprint density at radius 2 is 1.69 bits per heavy atom. The summed E-state index contributed by atoms with van der Waals surface area (Å²) in [6.45, 7) is 8.45. The van der Waals surface area contributed by atoms with Crippen molar-refractivity contribution < 1.29 is 5.11 Å². The molecule has 0 aliphatic rings. The number of hydrogen-bond donors (Lipinski definition) is 2. The monoisotopic (exact) mass is 360 g/mol. The lowest BCUT2D eigenvalue weighted by Gasteiger charge is -2.19. The number of H-pyrrole nitrogens is 1. The molecule has 3 heterocycles. The van der Waals surface area contributed by atoms with Crippen LogP contribution < -0.4 is 0 Å². The lowest BCUT2D eigenvalue weighted by Crippen LogP contribution is -2.24. The van der Waals surface area contributed by atoms with E-state index in [1.807, 2.05) is 17.1 Å². The summed E-state index contributed by atoms with van der Waals surface area (Å²) in [6.07, 6.45) is 5.55. The zero-order valence-electron chi connectivity index (χ0n) is 15.2. The molecule has 3 aromatic rings. The van der Waals surface area contributed by atoms with Gasteiger partial charge in [-0.05, 0) is 20.8 Å². The van der Waals surface area contributed by atoms with Crippen molar-refractivity contribution in [2.45, 2.75) is 52.5 Å². The van der Waals surface area contributed by atoms with Crippen molar-refractivity contribution in [2.75, 3.05) is 6.61 Å². The van der Waals surface area contributed by atoms with Gasteiger partial charge >= 0.3 is 0 Å². The van der Waals surface area contributed by atoms with Crippen LogP contribution in [0.2, 0.25) is 0 Å². The third-order valence-electron chi connectivity index (χ3n) is 3.77. The van der Waals surface area contributed by atoms with Crippen LogP contribution in [0.5, 0.6) is 0 Å². The zero-order chi connectivity index (χ0) is 18.6. The van der Waals surface area contributed by atoms with Gasteiger partial charge in [0.05, 0.1) is 42.0 Å². The first-order valence-corrected chi connectivity index (χ1v) is 8.43. The highest BCUT2D eigenvalue weighted by atomic mass is 16.3. The third kappa shape index (κ3) is 4.70. The number of aliphatic hydroxyl groups excluding tert-OH is 1. The van der Waals surface area contributed by atoms with Crippen molar-refractivity contribution >= 4 is 0 Å². The molecular formula is C15H24N10O. The molecule has 3 aromatic heterocycles. The molecule has 0 aromatic carbocycles. The Morgan fingerprint density at radius 3 is 2.31 bits per heavy atom. The Morgan fingerprint density at radius 1 is 1.00 bits per heavy atom. The van der Waals surface area contributed by atoms with Gasteiger partial charge in [-0.25, -0.2) is 9.36 Å². The van der Waals surface area contributed by atoms with Crippen molar-refractivity contribution in [1.82, 2.24) is 50.3 Å². The lowest BCUT2D eigenvalue weighted by atomic mass is 10.1. The number of nitrogens with zero attached hydrogens (tertiary/aromatic N) is 9. The molecule has 0 amide bonds. The molecule has 11 heteroatoms. The Balaban J connectivity index is 1.73. The molecule has 0 radical (unpaired) electrons. The number of nitrogens with one attached hydrogen (secondary N) is 1. The van der Waals surface area contributed by atoms with Gasteiger partial charge in [-0.3, -0.25) is 10.00 Å². The first-order chi connectivity index (χ1) is 12.4. The van der Waals surface area contributed by atoms with Gasteiger partial charge in [0.25, 0.3) is 0 Å². The summed E-state index contributed by atoms with van der Waals surface area (Å²) < 4.78 is 3.48. The summed E-state index contributed by atoms with van der Waals surface area (Å²) in [5.41, 5.74) is 2.39. The van der Waals surface area contributed by atoms with Crippen molar-refractivity contribution in [2.24, 2.45) is 0 Å². The predicted molar refractivity (Wildman–Crippen MR) is 91.5 cm³/mol. The molecule has 26 heavy (non-hydrogen) atoms. The van der Waals surface area contributed by atoms with E-state index in [0.29, 0.717) is 26.2 Å². The van der Waals surface area contributed by atoms with Crippen LogP contribution >= 0.6 is 0 Å². The fraction of sp³-hybridized carbons (Fsp3) is 0.600. The van der Waals surface area contributed by atoms with E-state index in [9.17, 15) is 0 Å². The summed E-state index contributed by atoms with van der Waals surface area (Å²) in [5, 5.41) is 36.2. The Kier molecular flexibility index (Phi) is 5.38. The van der Waals surface area contributed by atoms with Crippen LogP contribution in [0.15, 0.2) is 18.6 Å². The molecule has 0 unspecified atom stereocenters. The topological polar surface area (TPSA) is 126 Å². The summed E-state index contributed by atoms with van der Waals surface area (Å²) in [6, 6.07) is 0. The van der Waals surface area contributed by atoms with Gasteiger partial charge in [0.1, 0.15) is 0 Å². The quantitative estimate of drug-likeness (QED) is 0.572. The van der Waals surface area contributed by atoms with Crippen LogP contribution in [0, 0.1) is 0 Å². The second kappa shape index (κ2) is 7.70. The highest BCUT2D eigenvalue weighted by molar-refractivity contribution is 5.00. The van der Waals surface area contributed by atoms with Gasteiger partial charge < -0.3 is 5.11 Å². The maximum absolute atomic E-state index is 9.01. The summed E-state index contributed by atoms with van der Waals surface area (Å²) in [5.74, 6) is 0. The van der Waals surface area contributed by atoms with Crippen molar-refractivity contribution in [3.05, 3.63) is 35.7 Å².